The van der Waals surface area contributed by atoms with Crippen LogP contribution >= 0.6 is 0 Å². The zero-order chi connectivity index (χ0) is 10.7. The summed E-state index contributed by atoms with van der Waals surface area (Å²) in [5.74, 6) is 0.647. The Morgan fingerprint density at radius 1 is 1.50 bits per heavy atom. The summed E-state index contributed by atoms with van der Waals surface area (Å²) in [4.78, 5) is 15.7. The molecule has 6 heteroatoms. The number of rotatable bonds is 3. The van der Waals surface area contributed by atoms with E-state index < -0.39 is 4.92 Å². The van der Waals surface area contributed by atoms with Crippen LogP contribution in [0, 0.1) is 10.1 Å². The van der Waals surface area contributed by atoms with Crippen LogP contribution < -0.4 is 9.64 Å². The first kappa shape index (κ1) is 10.2. The molecule has 76 valence electrons. The van der Waals surface area contributed by atoms with E-state index in [-0.39, 0.29) is 11.5 Å². The van der Waals surface area contributed by atoms with Gasteiger partial charge >= 0.3 is 5.69 Å². The highest BCUT2D eigenvalue weighted by Gasteiger charge is 2.17. The molecule has 1 rings (SSSR count). The molecule has 0 aliphatic carbocycles. The van der Waals surface area contributed by atoms with Crippen molar-refractivity contribution in [2.24, 2.45) is 0 Å². The van der Waals surface area contributed by atoms with Crippen molar-refractivity contribution in [3.05, 3.63) is 22.2 Å². The minimum atomic E-state index is -0.470. The second kappa shape index (κ2) is 3.91. The maximum Gasteiger partial charge on any atom is 0.311 e. The third-order valence-electron chi connectivity index (χ3n) is 1.66. The lowest BCUT2D eigenvalue weighted by Crippen LogP contribution is -2.13. The summed E-state index contributed by atoms with van der Waals surface area (Å²) in [7, 11) is 4.84. The lowest BCUT2D eigenvalue weighted by atomic mass is 10.3. The smallest absolute Gasteiger partial charge is 0.311 e. The predicted molar refractivity (Wildman–Crippen MR) is 51.8 cm³/mol. The van der Waals surface area contributed by atoms with Gasteiger partial charge in [0.05, 0.1) is 12.0 Å². The van der Waals surface area contributed by atoms with Gasteiger partial charge in [0.25, 0.3) is 0 Å². The number of ether oxygens (including phenoxy) is 1. The first-order valence-electron chi connectivity index (χ1n) is 3.93. The fraction of sp³-hybridized carbons (Fsp3) is 0.375. The molecule has 0 radical (unpaired) electrons. The highest BCUT2D eigenvalue weighted by molar-refractivity contribution is 5.57. The molecule has 0 fully saturated rings. The van der Waals surface area contributed by atoms with Crippen LogP contribution in [-0.4, -0.2) is 31.1 Å². The highest BCUT2D eigenvalue weighted by atomic mass is 16.6. The van der Waals surface area contributed by atoms with Crippen molar-refractivity contribution in [2.75, 3.05) is 26.1 Å². The van der Waals surface area contributed by atoms with Crippen LogP contribution in [-0.2, 0) is 0 Å². The SMILES string of the molecule is COc1ccc([N+](=O)[O-])c(N(C)C)n1. The summed E-state index contributed by atoms with van der Waals surface area (Å²) in [6, 6.07) is 2.84. The predicted octanol–water partition coefficient (Wildman–Crippen LogP) is 1.06. The average molecular weight is 197 g/mol. The zero-order valence-electron chi connectivity index (χ0n) is 8.22. The molecule has 0 atom stereocenters. The molecule has 0 spiro atoms. The number of nitrogens with zero attached hydrogens (tertiary/aromatic N) is 3. The van der Waals surface area contributed by atoms with Gasteiger partial charge in [-0.05, 0) is 0 Å². The van der Waals surface area contributed by atoms with E-state index >= 15 is 0 Å². The van der Waals surface area contributed by atoms with Crippen molar-refractivity contribution in [2.45, 2.75) is 0 Å². The quantitative estimate of drug-likeness (QED) is 0.535. The van der Waals surface area contributed by atoms with E-state index in [0.29, 0.717) is 5.88 Å². The van der Waals surface area contributed by atoms with Gasteiger partial charge in [-0.2, -0.15) is 4.98 Å². The fourth-order valence-electron chi connectivity index (χ4n) is 1.01. The Balaban J connectivity index is 3.24. The summed E-state index contributed by atoms with van der Waals surface area (Å²) in [5.41, 5.74) is -0.0317. The molecule has 0 aliphatic heterocycles. The molecule has 1 aromatic rings. The molecule has 14 heavy (non-hydrogen) atoms. The van der Waals surface area contributed by atoms with Crippen LogP contribution in [0.1, 0.15) is 0 Å². The number of methoxy groups -OCH3 is 1. The molecular weight excluding hydrogens is 186 g/mol. The molecule has 0 saturated carbocycles. The number of hydrogen-bond acceptors (Lipinski definition) is 5. The van der Waals surface area contributed by atoms with Crippen molar-refractivity contribution in [3.63, 3.8) is 0 Å². The van der Waals surface area contributed by atoms with Crippen molar-refractivity contribution in [1.82, 2.24) is 4.98 Å². The summed E-state index contributed by atoms with van der Waals surface area (Å²) >= 11 is 0. The number of nitro groups is 1. The zero-order valence-corrected chi connectivity index (χ0v) is 8.22. The molecule has 0 saturated heterocycles. The van der Waals surface area contributed by atoms with Gasteiger partial charge in [0.15, 0.2) is 0 Å². The van der Waals surface area contributed by atoms with Crippen LogP contribution in [0.3, 0.4) is 0 Å². The molecule has 0 bridgehead atoms. The highest BCUT2D eigenvalue weighted by Crippen LogP contribution is 2.26. The summed E-state index contributed by atoms with van der Waals surface area (Å²) in [5, 5.41) is 10.6. The van der Waals surface area contributed by atoms with Gasteiger partial charge in [-0.15, -0.1) is 0 Å². The largest absolute Gasteiger partial charge is 0.481 e. The average Bonchev–Trinajstić information content (AvgIpc) is 2.16. The van der Waals surface area contributed by atoms with E-state index in [1.165, 1.54) is 19.2 Å². The van der Waals surface area contributed by atoms with Crippen LogP contribution in [0.4, 0.5) is 11.5 Å². The standard InChI is InChI=1S/C8H11N3O3/c1-10(2)8-6(11(12)13)4-5-7(9-8)14-3/h4-5H,1-3H3. The Labute approximate surface area is 81.3 Å². The fourth-order valence-corrected chi connectivity index (χ4v) is 1.01. The Bertz CT molecular complexity index is 352. The monoisotopic (exact) mass is 197 g/mol. The van der Waals surface area contributed by atoms with Crippen molar-refractivity contribution in [1.29, 1.82) is 0 Å². The van der Waals surface area contributed by atoms with Gasteiger partial charge in [0.2, 0.25) is 11.7 Å². The molecule has 0 N–H and O–H groups in total. The summed E-state index contributed by atoms with van der Waals surface area (Å²) in [6.45, 7) is 0. The molecule has 0 amide bonds. The number of hydrogen-bond donors (Lipinski definition) is 0. The van der Waals surface area contributed by atoms with Gasteiger partial charge in [0, 0.05) is 26.2 Å². The molecular formula is C8H11N3O3. The van der Waals surface area contributed by atoms with Gasteiger partial charge < -0.3 is 9.64 Å². The van der Waals surface area contributed by atoms with E-state index in [9.17, 15) is 10.1 Å². The van der Waals surface area contributed by atoms with Crippen LogP contribution in [0.5, 0.6) is 5.88 Å². The molecule has 0 aliphatic rings. The Morgan fingerprint density at radius 2 is 2.14 bits per heavy atom. The van der Waals surface area contributed by atoms with Crippen LogP contribution in [0.15, 0.2) is 12.1 Å². The summed E-state index contributed by atoms with van der Waals surface area (Å²) < 4.78 is 4.88. The van der Waals surface area contributed by atoms with Gasteiger partial charge in [-0.1, -0.05) is 0 Å². The molecule has 1 aromatic heterocycles. The van der Waals surface area contributed by atoms with E-state index in [1.807, 2.05) is 0 Å². The van der Waals surface area contributed by atoms with Crippen LogP contribution in [0.25, 0.3) is 0 Å². The second-order valence-electron chi connectivity index (χ2n) is 2.85. The summed E-state index contributed by atoms with van der Waals surface area (Å²) in [6.07, 6.45) is 0. The maximum absolute atomic E-state index is 10.6. The first-order valence-corrected chi connectivity index (χ1v) is 3.93. The minimum Gasteiger partial charge on any atom is -0.481 e. The number of anilines is 1. The lowest BCUT2D eigenvalue weighted by molar-refractivity contribution is -0.384. The second-order valence-corrected chi connectivity index (χ2v) is 2.85. The van der Waals surface area contributed by atoms with Crippen molar-refractivity contribution < 1.29 is 9.66 Å². The van der Waals surface area contributed by atoms with Crippen molar-refractivity contribution >= 4 is 11.5 Å². The van der Waals surface area contributed by atoms with Crippen LogP contribution in [0.2, 0.25) is 0 Å². The Kier molecular flexibility index (Phi) is 2.85. The van der Waals surface area contributed by atoms with E-state index in [0.717, 1.165) is 0 Å². The van der Waals surface area contributed by atoms with Crippen molar-refractivity contribution in [3.8, 4) is 5.88 Å². The number of aromatic nitrogens is 1. The van der Waals surface area contributed by atoms with E-state index in [2.05, 4.69) is 4.98 Å². The molecule has 0 aromatic carbocycles. The topological polar surface area (TPSA) is 68.5 Å². The van der Waals surface area contributed by atoms with E-state index in [1.54, 1.807) is 19.0 Å². The van der Waals surface area contributed by atoms with Gasteiger partial charge in [-0.3, -0.25) is 10.1 Å². The number of pyridine rings is 1. The van der Waals surface area contributed by atoms with E-state index in [4.69, 9.17) is 4.74 Å². The Morgan fingerprint density at radius 3 is 2.57 bits per heavy atom. The third kappa shape index (κ3) is 1.90. The molecule has 1 heterocycles. The minimum absolute atomic E-state index is 0.0317. The maximum atomic E-state index is 10.6. The van der Waals surface area contributed by atoms with Gasteiger partial charge in [-0.25, -0.2) is 0 Å². The van der Waals surface area contributed by atoms with Gasteiger partial charge in [0.1, 0.15) is 0 Å². The Hall–Kier alpha value is -1.85. The first-order chi connectivity index (χ1) is 6.56. The molecule has 0 unspecified atom stereocenters. The lowest BCUT2D eigenvalue weighted by Gasteiger charge is -2.11. The normalized spacial score (nSPS) is 9.64. The molecule has 6 nitrogen and oxygen atoms in total. The third-order valence-corrected chi connectivity index (χ3v) is 1.66.